The maximum atomic E-state index is 13.8. The van der Waals surface area contributed by atoms with Crippen LogP contribution in [0.3, 0.4) is 0 Å². The molecule has 1 heterocycles. The van der Waals surface area contributed by atoms with Crippen molar-refractivity contribution in [1.82, 2.24) is 10.2 Å². The van der Waals surface area contributed by atoms with Gasteiger partial charge in [0, 0.05) is 31.7 Å². The minimum absolute atomic E-state index is 0.0136. The molecule has 2 aliphatic rings. The molecule has 0 spiro atoms. The quantitative estimate of drug-likeness (QED) is 0.854. The van der Waals surface area contributed by atoms with E-state index in [1.165, 1.54) is 13.2 Å². The van der Waals surface area contributed by atoms with Gasteiger partial charge in [-0.3, -0.25) is 9.69 Å². The first kappa shape index (κ1) is 18.1. The minimum Gasteiger partial charge on any atom is -0.494 e. The number of nitrogens with zero attached hydrogens (tertiary/aromatic N) is 1. The van der Waals surface area contributed by atoms with Crippen LogP contribution in [0.15, 0.2) is 18.2 Å². The van der Waals surface area contributed by atoms with Gasteiger partial charge in [0.05, 0.1) is 13.0 Å². The Kier molecular flexibility index (Phi) is 5.91. The van der Waals surface area contributed by atoms with Crippen LogP contribution < -0.4 is 15.8 Å². The molecule has 2 fully saturated rings. The number of carbonyl (C=O) groups excluding carboxylic acids is 1. The van der Waals surface area contributed by atoms with E-state index in [0.29, 0.717) is 0 Å². The molecule has 3 N–H and O–H groups in total. The summed E-state index contributed by atoms with van der Waals surface area (Å²) in [5, 5.41) is 3.18. The Morgan fingerprint density at radius 3 is 2.68 bits per heavy atom. The third-order valence-electron chi connectivity index (χ3n) is 5.46. The summed E-state index contributed by atoms with van der Waals surface area (Å²) in [4.78, 5) is 14.6. The van der Waals surface area contributed by atoms with Crippen molar-refractivity contribution < 1.29 is 13.9 Å². The third-order valence-corrected chi connectivity index (χ3v) is 5.46. The molecule has 0 aromatic heterocycles. The topological polar surface area (TPSA) is 67.6 Å². The molecule has 1 amide bonds. The number of hydrogen-bond donors (Lipinski definition) is 2. The van der Waals surface area contributed by atoms with Gasteiger partial charge >= 0.3 is 0 Å². The van der Waals surface area contributed by atoms with Gasteiger partial charge in [0.2, 0.25) is 5.91 Å². The lowest BCUT2D eigenvalue weighted by atomic mass is 10.00. The van der Waals surface area contributed by atoms with Gasteiger partial charge in [-0.05, 0) is 43.4 Å². The van der Waals surface area contributed by atoms with Gasteiger partial charge in [-0.25, -0.2) is 4.39 Å². The molecule has 1 aromatic carbocycles. The predicted molar refractivity (Wildman–Crippen MR) is 94.7 cm³/mol. The van der Waals surface area contributed by atoms with Gasteiger partial charge in [-0.1, -0.05) is 12.5 Å². The molecule has 1 saturated carbocycles. The number of piperidine rings is 1. The van der Waals surface area contributed by atoms with Gasteiger partial charge in [0.25, 0.3) is 0 Å². The number of ether oxygens (including phenoxy) is 1. The van der Waals surface area contributed by atoms with Crippen LogP contribution in [0, 0.1) is 11.7 Å². The summed E-state index contributed by atoms with van der Waals surface area (Å²) in [5.41, 5.74) is 6.96. The molecule has 1 saturated heterocycles. The second kappa shape index (κ2) is 8.15. The fraction of sp³-hybridized carbons (Fsp3) is 0.632. The molecular formula is C19H28FN3O2. The number of methoxy groups -OCH3 is 1. The molecule has 6 heteroatoms. The van der Waals surface area contributed by atoms with Crippen LogP contribution in [-0.4, -0.2) is 43.1 Å². The van der Waals surface area contributed by atoms with Crippen molar-refractivity contribution in [2.24, 2.45) is 11.7 Å². The summed E-state index contributed by atoms with van der Waals surface area (Å²) < 4.78 is 18.7. The van der Waals surface area contributed by atoms with Gasteiger partial charge < -0.3 is 15.8 Å². The Balaban J connectivity index is 1.45. The van der Waals surface area contributed by atoms with Crippen LogP contribution in [0.5, 0.6) is 5.75 Å². The molecule has 1 aliphatic carbocycles. The summed E-state index contributed by atoms with van der Waals surface area (Å²) in [5.74, 6) is 0.0614. The zero-order chi connectivity index (χ0) is 17.8. The monoisotopic (exact) mass is 349 g/mol. The van der Waals surface area contributed by atoms with E-state index < -0.39 is 0 Å². The van der Waals surface area contributed by atoms with Crippen LogP contribution in [0.25, 0.3) is 0 Å². The minimum atomic E-state index is -0.324. The van der Waals surface area contributed by atoms with Crippen LogP contribution in [0.4, 0.5) is 4.39 Å². The number of halogens is 1. The van der Waals surface area contributed by atoms with Crippen LogP contribution in [0.1, 0.15) is 37.7 Å². The zero-order valence-corrected chi connectivity index (χ0v) is 14.8. The maximum absolute atomic E-state index is 13.8. The van der Waals surface area contributed by atoms with Crippen molar-refractivity contribution in [2.45, 2.75) is 50.7 Å². The highest BCUT2D eigenvalue weighted by atomic mass is 19.1. The summed E-state index contributed by atoms with van der Waals surface area (Å²) >= 11 is 0. The number of likely N-dealkylation sites (tertiary alicyclic amines) is 1. The van der Waals surface area contributed by atoms with E-state index in [9.17, 15) is 9.18 Å². The zero-order valence-electron chi connectivity index (χ0n) is 14.8. The van der Waals surface area contributed by atoms with Crippen molar-refractivity contribution in [3.05, 3.63) is 29.6 Å². The van der Waals surface area contributed by atoms with E-state index in [4.69, 9.17) is 10.5 Å². The fourth-order valence-electron chi connectivity index (χ4n) is 3.92. The SMILES string of the molecule is COc1ccc(CN2CCC(NC(=O)[C@H]3CCC[C@H]3N)CC2)cc1F. The molecule has 25 heavy (non-hydrogen) atoms. The summed E-state index contributed by atoms with van der Waals surface area (Å²) in [7, 11) is 1.47. The normalized spacial score (nSPS) is 25.1. The second-order valence-corrected chi connectivity index (χ2v) is 7.23. The summed E-state index contributed by atoms with van der Waals surface area (Å²) in [6, 6.07) is 5.35. The van der Waals surface area contributed by atoms with E-state index in [1.54, 1.807) is 6.07 Å². The first-order valence-electron chi connectivity index (χ1n) is 9.17. The molecule has 0 unspecified atom stereocenters. The van der Waals surface area contributed by atoms with E-state index in [2.05, 4.69) is 10.2 Å². The van der Waals surface area contributed by atoms with E-state index in [-0.39, 0.29) is 35.5 Å². The van der Waals surface area contributed by atoms with Crippen LogP contribution in [-0.2, 0) is 11.3 Å². The lowest BCUT2D eigenvalue weighted by molar-refractivity contribution is -0.126. The van der Waals surface area contributed by atoms with Crippen LogP contribution in [0.2, 0.25) is 0 Å². The lowest BCUT2D eigenvalue weighted by Crippen LogP contribution is -2.48. The highest BCUT2D eigenvalue weighted by molar-refractivity contribution is 5.80. The molecule has 1 aromatic rings. The second-order valence-electron chi connectivity index (χ2n) is 7.23. The lowest BCUT2D eigenvalue weighted by Gasteiger charge is -2.33. The molecule has 1 aliphatic heterocycles. The Labute approximate surface area is 148 Å². The van der Waals surface area contributed by atoms with Crippen LogP contribution >= 0.6 is 0 Å². The van der Waals surface area contributed by atoms with Crippen molar-refractivity contribution in [3.8, 4) is 5.75 Å². The van der Waals surface area contributed by atoms with Crippen molar-refractivity contribution in [3.63, 3.8) is 0 Å². The number of nitrogens with one attached hydrogen (secondary N) is 1. The maximum Gasteiger partial charge on any atom is 0.224 e. The first-order valence-corrected chi connectivity index (χ1v) is 9.17. The summed E-state index contributed by atoms with van der Waals surface area (Å²) in [6.45, 7) is 2.51. The van der Waals surface area contributed by atoms with E-state index in [1.807, 2.05) is 6.07 Å². The summed E-state index contributed by atoms with van der Waals surface area (Å²) in [6.07, 6.45) is 4.76. The van der Waals surface area contributed by atoms with E-state index in [0.717, 1.165) is 57.3 Å². The third kappa shape index (κ3) is 4.50. The van der Waals surface area contributed by atoms with E-state index >= 15 is 0 Å². The highest BCUT2D eigenvalue weighted by Crippen LogP contribution is 2.25. The molecular weight excluding hydrogens is 321 g/mol. The molecule has 3 rings (SSSR count). The fourth-order valence-corrected chi connectivity index (χ4v) is 3.92. The number of nitrogens with two attached hydrogens (primary N) is 1. The molecule has 2 atom stereocenters. The Bertz CT molecular complexity index is 602. The van der Waals surface area contributed by atoms with Crippen molar-refractivity contribution in [1.29, 1.82) is 0 Å². The van der Waals surface area contributed by atoms with Gasteiger partial charge in [-0.2, -0.15) is 0 Å². The predicted octanol–water partition coefficient (Wildman–Crippen LogP) is 2.04. The molecule has 0 radical (unpaired) electrons. The molecule has 0 bridgehead atoms. The number of hydrogen-bond acceptors (Lipinski definition) is 4. The number of amides is 1. The molecule has 5 nitrogen and oxygen atoms in total. The largest absolute Gasteiger partial charge is 0.494 e. The first-order chi connectivity index (χ1) is 12.1. The standard InChI is InChI=1S/C19H28FN3O2/c1-25-18-6-5-13(11-16(18)20)12-23-9-7-14(8-10-23)22-19(24)15-3-2-4-17(15)21/h5-6,11,14-15,17H,2-4,7-10,12,21H2,1H3,(H,22,24)/t15-,17+/m0/s1. The van der Waals surface area contributed by atoms with Gasteiger partial charge in [0.15, 0.2) is 11.6 Å². The average molecular weight is 349 g/mol. The van der Waals surface area contributed by atoms with Gasteiger partial charge in [0.1, 0.15) is 0 Å². The number of benzene rings is 1. The number of carbonyl (C=O) groups is 1. The highest BCUT2D eigenvalue weighted by Gasteiger charge is 2.32. The Morgan fingerprint density at radius 1 is 1.32 bits per heavy atom. The van der Waals surface area contributed by atoms with Crippen molar-refractivity contribution >= 4 is 5.91 Å². The van der Waals surface area contributed by atoms with Crippen molar-refractivity contribution in [2.75, 3.05) is 20.2 Å². The van der Waals surface area contributed by atoms with Gasteiger partial charge in [-0.15, -0.1) is 0 Å². The molecule has 138 valence electrons. The Hall–Kier alpha value is -1.66. The average Bonchev–Trinajstić information content (AvgIpc) is 3.03. The Morgan fingerprint density at radius 2 is 2.08 bits per heavy atom. The number of rotatable bonds is 5. The smallest absolute Gasteiger partial charge is 0.224 e.